The molecule has 24 atom stereocenters. The predicted octanol–water partition coefficient (Wildman–Crippen LogP) is 10.4. The van der Waals surface area contributed by atoms with E-state index in [1.165, 1.54) is 130 Å². The second kappa shape index (κ2) is 8.53. The Hall–Kier alpha value is 0. The maximum atomic E-state index is 1.77. The molecule has 0 aromatic heterocycles. The molecule has 0 amide bonds. The van der Waals surface area contributed by atoms with Gasteiger partial charge in [-0.15, -0.1) is 0 Å². The van der Waals surface area contributed by atoms with Crippen LogP contribution in [0, 0.1) is 142 Å². The molecule has 13 aliphatic carbocycles. The van der Waals surface area contributed by atoms with E-state index < -0.39 is 0 Å². The van der Waals surface area contributed by atoms with Crippen molar-refractivity contribution in [3.8, 4) is 0 Å². The first-order valence-corrected chi connectivity index (χ1v) is 21.3. The van der Waals surface area contributed by atoms with Crippen molar-refractivity contribution in [1.82, 2.24) is 0 Å². The average molecular weight is 579 g/mol. The van der Waals surface area contributed by atoms with Gasteiger partial charge in [0.2, 0.25) is 0 Å². The minimum atomic E-state index is 1.16. The lowest BCUT2D eigenvalue weighted by atomic mass is 9.27. The summed E-state index contributed by atoms with van der Waals surface area (Å²) in [6.07, 6.45) is 31.9. The highest BCUT2D eigenvalue weighted by Gasteiger charge is 2.74. The maximum Gasteiger partial charge on any atom is -0.0313 e. The van der Waals surface area contributed by atoms with Gasteiger partial charge in [0.15, 0.2) is 0 Å². The molecule has 13 aliphatic rings. The van der Waals surface area contributed by atoms with Crippen molar-refractivity contribution in [2.24, 2.45) is 142 Å². The molecule has 0 aliphatic heterocycles. The van der Waals surface area contributed by atoms with E-state index >= 15 is 0 Å². The molecule has 43 heavy (non-hydrogen) atoms. The smallest absolute Gasteiger partial charge is 0.0313 e. The van der Waals surface area contributed by atoms with Crippen LogP contribution in [-0.2, 0) is 0 Å². The molecular weight excluding hydrogens is 516 g/mol. The molecule has 0 nitrogen and oxygen atoms in total. The van der Waals surface area contributed by atoms with Crippen molar-refractivity contribution < 1.29 is 0 Å². The Labute approximate surface area is 263 Å². The Kier molecular flexibility index (Phi) is 4.97. The lowest BCUT2D eigenvalue weighted by Gasteiger charge is -2.78. The molecule has 13 rings (SSSR count). The van der Waals surface area contributed by atoms with Gasteiger partial charge in [0.1, 0.15) is 0 Å². The van der Waals surface area contributed by atoms with E-state index in [-0.39, 0.29) is 0 Å². The summed E-state index contributed by atoms with van der Waals surface area (Å²) < 4.78 is 0. The summed E-state index contributed by atoms with van der Waals surface area (Å²) in [4.78, 5) is 0. The van der Waals surface area contributed by atoms with Crippen LogP contribution in [0.5, 0.6) is 0 Å². The Balaban J connectivity index is 0.980. The number of rotatable bonds is 0. The van der Waals surface area contributed by atoms with E-state index in [1.807, 2.05) is 0 Å². The molecule has 0 saturated heterocycles. The molecule has 0 aromatic carbocycles. The van der Waals surface area contributed by atoms with Crippen LogP contribution in [-0.4, -0.2) is 0 Å². The maximum absolute atomic E-state index is 1.77. The highest BCUT2D eigenvalue weighted by Crippen LogP contribution is 2.80. The molecule has 234 valence electrons. The van der Waals surface area contributed by atoms with Crippen LogP contribution in [0.2, 0.25) is 0 Å². The van der Waals surface area contributed by atoms with Gasteiger partial charge in [0.05, 0.1) is 0 Å². The van der Waals surface area contributed by atoms with E-state index in [9.17, 15) is 0 Å². The normalized spacial score (nSPS) is 70.9. The van der Waals surface area contributed by atoms with Gasteiger partial charge in [0, 0.05) is 0 Å². The fraction of sp³-hybridized carbons (Fsp3) is 1.00. The molecule has 0 radical (unpaired) electrons. The SMILES string of the molecule is C1CC2CCC3CCC4C5CC6CCC7CCC8CC9CCCC%10CC%11CC(C%12CC(C1)C2C3C4%12)C5C1C6C7C8C(C9%10)C%111. The Morgan fingerprint density at radius 2 is 0.535 bits per heavy atom. The van der Waals surface area contributed by atoms with Crippen LogP contribution in [0.3, 0.4) is 0 Å². The van der Waals surface area contributed by atoms with Crippen molar-refractivity contribution in [3.63, 3.8) is 0 Å². The van der Waals surface area contributed by atoms with Gasteiger partial charge in [-0.05, 0) is 226 Å². The highest BCUT2D eigenvalue weighted by atomic mass is 14.8. The van der Waals surface area contributed by atoms with E-state index in [0.717, 1.165) is 11.8 Å². The van der Waals surface area contributed by atoms with Gasteiger partial charge in [-0.3, -0.25) is 0 Å². The third-order valence-electron chi connectivity index (χ3n) is 21.3. The second-order valence-corrected chi connectivity index (χ2v) is 21.2. The first-order valence-electron chi connectivity index (χ1n) is 21.3. The van der Waals surface area contributed by atoms with Gasteiger partial charge in [-0.2, -0.15) is 0 Å². The van der Waals surface area contributed by atoms with Crippen LogP contribution < -0.4 is 0 Å². The van der Waals surface area contributed by atoms with E-state index in [2.05, 4.69) is 0 Å². The van der Waals surface area contributed by atoms with Crippen molar-refractivity contribution in [3.05, 3.63) is 0 Å². The van der Waals surface area contributed by atoms with E-state index in [0.29, 0.717) is 0 Å². The van der Waals surface area contributed by atoms with Crippen molar-refractivity contribution in [2.45, 2.75) is 122 Å². The van der Waals surface area contributed by atoms with Crippen molar-refractivity contribution in [1.29, 1.82) is 0 Å². The Morgan fingerprint density at radius 3 is 1.26 bits per heavy atom. The molecule has 0 spiro atoms. The number of hydrogen-bond acceptors (Lipinski definition) is 0. The predicted molar refractivity (Wildman–Crippen MR) is 171 cm³/mol. The summed E-state index contributed by atoms with van der Waals surface area (Å²) in [6.45, 7) is 0. The fourth-order valence-corrected chi connectivity index (χ4v) is 21.5. The fourth-order valence-electron chi connectivity index (χ4n) is 21.5. The Morgan fingerprint density at radius 1 is 0.186 bits per heavy atom. The molecule has 0 bridgehead atoms. The third-order valence-corrected chi connectivity index (χ3v) is 21.3. The zero-order valence-corrected chi connectivity index (χ0v) is 27.3. The average Bonchev–Trinajstić information content (AvgIpc) is 3.05. The standard InChI is InChI=1S/C43H62/c1-3-20-7-8-22-13-14-29-30-18-27-12-10-21-9-11-26-15-23-4-2-5-24-16-28-19-32(31-17-25(6-1)33(20)35(22)40(29)31)41(30)43-38(27)36(21)37(26)42(34(23)24)39(28)43/h20-43H,1-19H2. The molecular formula is C43H62. The first-order chi connectivity index (χ1) is 21.3. The summed E-state index contributed by atoms with van der Waals surface area (Å²) >= 11 is 0. The third kappa shape index (κ3) is 2.91. The molecule has 0 heterocycles. The number of hydrogen-bond donors (Lipinski definition) is 0. The highest BCUT2D eigenvalue weighted by molar-refractivity contribution is 5.22. The van der Waals surface area contributed by atoms with Gasteiger partial charge >= 0.3 is 0 Å². The topological polar surface area (TPSA) is 0 Å². The van der Waals surface area contributed by atoms with Crippen LogP contribution in [0.1, 0.15) is 122 Å². The van der Waals surface area contributed by atoms with Crippen LogP contribution in [0.15, 0.2) is 0 Å². The van der Waals surface area contributed by atoms with Crippen LogP contribution >= 0.6 is 0 Å². The quantitative estimate of drug-likeness (QED) is 0.268. The number of fused-ring (bicyclic) bond motifs is 2. The summed E-state index contributed by atoms with van der Waals surface area (Å²) in [5, 5.41) is 0. The zero-order valence-electron chi connectivity index (χ0n) is 27.3. The van der Waals surface area contributed by atoms with E-state index in [1.54, 1.807) is 122 Å². The molecule has 0 heteroatoms. The van der Waals surface area contributed by atoms with Gasteiger partial charge in [0.25, 0.3) is 0 Å². The van der Waals surface area contributed by atoms with Crippen molar-refractivity contribution in [2.75, 3.05) is 0 Å². The molecule has 0 N–H and O–H groups in total. The van der Waals surface area contributed by atoms with Crippen LogP contribution in [0.4, 0.5) is 0 Å². The van der Waals surface area contributed by atoms with Gasteiger partial charge in [-0.1, -0.05) is 38.5 Å². The first kappa shape index (κ1) is 25.1. The zero-order chi connectivity index (χ0) is 27.3. The lowest BCUT2D eigenvalue weighted by molar-refractivity contribution is -0.298. The lowest BCUT2D eigenvalue weighted by Crippen LogP contribution is -2.72. The van der Waals surface area contributed by atoms with Gasteiger partial charge < -0.3 is 0 Å². The van der Waals surface area contributed by atoms with Crippen molar-refractivity contribution >= 4 is 0 Å². The minimum Gasteiger partial charge on any atom is -0.0528 e. The summed E-state index contributed by atoms with van der Waals surface area (Å²) in [6, 6.07) is 0. The molecule has 13 fully saturated rings. The van der Waals surface area contributed by atoms with Gasteiger partial charge in [-0.25, -0.2) is 0 Å². The summed E-state index contributed by atoms with van der Waals surface area (Å²) in [7, 11) is 0. The van der Waals surface area contributed by atoms with Crippen LogP contribution in [0.25, 0.3) is 0 Å². The Bertz CT molecular complexity index is 1180. The summed E-state index contributed by atoms with van der Waals surface area (Å²) in [5.41, 5.74) is 0. The molecule has 24 unspecified atom stereocenters. The monoisotopic (exact) mass is 578 g/mol. The minimum absolute atomic E-state index is 1.16. The largest absolute Gasteiger partial charge is 0.0528 e. The van der Waals surface area contributed by atoms with E-state index in [4.69, 9.17) is 0 Å². The summed E-state index contributed by atoms with van der Waals surface area (Å²) in [5.74, 6) is 28.6. The molecule has 0 aromatic rings. The second-order valence-electron chi connectivity index (χ2n) is 21.2. The molecule has 13 saturated carbocycles.